The summed E-state index contributed by atoms with van der Waals surface area (Å²) in [6, 6.07) is 2.85. The molecule has 72 valence electrons. The van der Waals surface area contributed by atoms with Crippen LogP contribution in [-0.4, -0.2) is 5.78 Å². The van der Waals surface area contributed by atoms with Crippen LogP contribution in [0.15, 0.2) is 32.7 Å². The van der Waals surface area contributed by atoms with Crippen LogP contribution in [0.25, 0.3) is 0 Å². The van der Waals surface area contributed by atoms with Gasteiger partial charge in [0, 0.05) is 0 Å². The Bertz CT molecular complexity index is 432. The molecule has 0 aliphatic rings. The highest BCUT2D eigenvalue weighted by Crippen LogP contribution is 2.24. The molecule has 0 aliphatic heterocycles. The summed E-state index contributed by atoms with van der Waals surface area (Å²) >= 11 is 4.20. The van der Waals surface area contributed by atoms with Gasteiger partial charge < -0.3 is 4.42 Å². The first-order valence-corrected chi connectivity index (χ1v) is 5.38. The number of carbonyl (C=O) groups excluding carboxylic acids is 1. The lowest BCUT2D eigenvalue weighted by atomic mass is 10.2. The fourth-order valence-electron chi connectivity index (χ4n) is 1.01. The molecule has 0 saturated heterocycles. The largest absolute Gasteiger partial charge is 0.460 e. The zero-order valence-electron chi connectivity index (χ0n) is 6.79. The Labute approximate surface area is 91.5 Å². The van der Waals surface area contributed by atoms with E-state index in [2.05, 4.69) is 15.9 Å². The van der Waals surface area contributed by atoms with Crippen LogP contribution in [0.5, 0.6) is 0 Å². The number of halogens is 2. The number of hydrogen-bond donors (Lipinski definition) is 0. The van der Waals surface area contributed by atoms with E-state index < -0.39 is 11.6 Å². The zero-order valence-corrected chi connectivity index (χ0v) is 9.19. The summed E-state index contributed by atoms with van der Waals surface area (Å²) in [6.07, 6.45) is 1.38. The van der Waals surface area contributed by atoms with E-state index in [1.54, 1.807) is 6.07 Å². The minimum absolute atomic E-state index is 0.0700. The van der Waals surface area contributed by atoms with E-state index in [1.165, 1.54) is 17.7 Å². The molecule has 2 aromatic rings. The molecule has 2 heterocycles. The van der Waals surface area contributed by atoms with Crippen molar-refractivity contribution >= 4 is 33.0 Å². The third-order valence-corrected chi connectivity index (χ3v) is 3.16. The zero-order chi connectivity index (χ0) is 10.1. The Morgan fingerprint density at radius 3 is 2.79 bits per heavy atom. The summed E-state index contributed by atoms with van der Waals surface area (Å²) in [7, 11) is 0. The molecule has 0 fully saturated rings. The van der Waals surface area contributed by atoms with Gasteiger partial charge in [0.1, 0.15) is 10.7 Å². The molecule has 0 atom stereocenters. The van der Waals surface area contributed by atoms with Crippen molar-refractivity contribution in [3.63, 3.8) is 0 Å². The number of rotatable bonds is 2. The van der Waals surface area contributed by atoms with Crippen molar-refractivity contribution in [2.24, 2.45) is 0 Å². The molecule has 0 saturated carbocycles. The molecule has 0 radical (unpaired) electrons. The van der Waals surface area contributed by atoms with Crippen molar-refractivity contribution in [2.45, 2.75) is 0 Å². The molecule has 14 heavy (non-hydrogen) atoms. The molecular weight excluding hydrogens is 271 g/mol. The van der Waals surface area contributed by atoms with Crippen molar-refractivity contribution in [3.8, 4) is 0 Å². The van der Waals surface area contributed by atoms with Crippen molar-refractivity contribution in [2.75, 3.05) is 0 Å². The van der Waals surface area contributed by atoms with Gasteiger partial charge in [-0.2, -0.15) is 0 Å². The number of carbonyl (C=O) groups is 1. The monoisotopic (exact) mass is 274 g/mol. The van der Waals surface area contributed by atoms with Gasteiger partial charge in [0.25, 0.3) is 0 Å². The van der Waals surface area contributed by atoms with E-state index in [0.29, 0.717) is 4.47 Å². The van der Waals surface area contributed by atoms with Gasteiger partial charge in [0.05, 0.1) is 10.7 Å². The molecule has 0 unspecified atom stereocenters. The molecule has 2 nitrogen and oxygen atoms in total. The van der Waals surface area contributed by atoms with E-state index >= 15 is 0 Å². The summed E-state index contributed by atoms with van der Waals surface area (Å²) in [6.45, 7) is 0. The Balaban J connectivity index is 2.44. The van der Waals surface area contributed by atoms with Gasteiger partial charge in [-0.05, 0) is 33.4 Å². The lowest BCUT2D eigenvalue weighted by Gasteiger charge is -1.93. The minimum atomic E-state index is -0.511. The quantitative estimate of drug-likeness (QED) is 0.785. The summed E-state index contributed by atoms with van der Waals surface area (Å²) in [5.74, 6) is -0.816. The Morgan fingerprint density at radius 2 is 2.29 bits per heavy atom. The highest BCUT2D eigenvalue weighted by molar-refractivity contribution is 9.10. The van der Waals surface area contributed by atoms with Crippen LogP contribution in [0, 0.1) is 5.82 Å². The second-order valence-electron chi connectivity index (χ2n) is 2.52. The summed E-state index contributed by atoms with van der Waals surface area (Å²) in [4.78, 5) is 11.7. The van der Waals surface area contributed by atoms with Crippen molar-refractivity contribution < 1.29 is 13.6 Å². The minimum Gasteiger partial charge on any atom is -0.460 e. The second kappa shape index (κ2) is 3.67. The first-order valence-electron chi connectivity index (χ1n) is 3.71. The average molecular weight is 275 g/mol. The van der Waals surface area contributed by atoms with E-state index in [9.17, 15) is 9.18 Å². The summed E-state index contributed by atoms with van der Waals surface area (Å²) in [5, 5.41) is 1.53. The standard InChI is InChI=1S/C9H4BrFO2S/c10-5-1-3-13-8(5)7(12)9-6(11)2-4-14-9/h1-4H. The average Bonchev–Trinajstić information content (AvgIpc) is 2.73. The molecule has 0 spiro atoms. The molecule has 2 aromatic heterocycles. The number of ketones is 1. The number of furan rings is 1. The molecule has 0 aliphatic carbocycles. The molecule has 0 amide bonds. The maximum Gasteiger partial charge on any atom is 0.242 e. The van der Waals surface area contributed by atoms with Crippen LogP contribution in [0.2, 0.25) is 0 Å². The maximum absolute atomic E-state index is 13.1. The van der Waals surface area contributed by atoms with Gasteiger partial charge >= 0.3 is 0 Å². The molecule has 0 aromatic carbocycles. The van der Waals surface area contributed by atoms with Crippen LogP contribution in [0.1, 0.15) is 15.4 Å². The van der Waals surface area contributed by atoms with Gasteiger partial charge in [-0.3, -0.25) is 4.79 Å². The predicted octanol–water partition coefficient (Wildman–Crippen LogP) is 3.47. The topological polar surface area (TPSA) is 30.2 Å². The van der Waals surface area contributed by atoms with Gasteiger partial charge in [-0.25, -0.2) is 4.39 Å². The number of thiophene rings is 1. The van der Waals surface area contributed by atoms with Crippen molar-refractivity contribution in [3.05, 3.63) is 44.7 Å². The van der Waals surface area contributed by atoms with Crippen LogP contribution < -0.4 is 0 Å². The third kappa shape index (κ3) is 1.53. The third-order valence-electron chi connectivity index (χ3n) is 1.65. The van der Waals surface area contributed by atoms with Crippen molar-refractivity contribution in [1.82, 2.24) is 0 Å². The van der Waals surface area contributed by atoms with Gasteiger partial charge in [-0.15, -0.1) is 11.3 Å². The smallest absolute Gasteiger partial charge is 0.242 e. The first kappa shape index (κ1) is 9.61. The fourth-order valence-corrected chi connectivity index (χ4v) is 2.10. The fraction of sp³-hybridized carbons (Fsp3) is 0. The van der Waals surface area contributed by atoms with Crippen molar-refractivity contribution in [1.29, 1.82) is 0 Å². The maximum atomic E-state index is 13.1. The van der Waals surface area contributed by atoms with Gasteiger partial charge in [0.15, 0.2) is 5.76 Å². The molecule has 0 N–H and O–H groups in total. The van der Waals surface area contributed by atoms with E-state index in [-0.39, 0.29) is 10.6 Å². The first-order chi connectivity index (χ1) is 6.70. The number of hydrogen-bond acceptors (Lipinski definition) is 3. The summed E-state index contributed by atoms with van der Waals surface area (Å²) in [5.41, 5.74) is 0. The van der Waals surface area contributed by atoms with Crippen LogP contribution in [-0.2, 0) is 0 Å². The lowest BCUT2D eigenvalue weighted by molar-refractivity contribution is 0.101. The van der Waals surface area contributed by atoms with E-state index in [1.807, 2.05) is 0 Å². The Kier molecular flexibility index (Phi) is 2.52. The summed E-state index contributed by atoms with van der Waals surface area (Å²) < 4.78 is 18.5. The Morgan fingerprint density at radius 1 is 1.50 bits per heavy atom. The lowest BCUT2D eigenvalue weighted by Crippen LogP contribution is -1.99. The highest BCUT2D eigenvalue weighted by atomic mass is 79.9. The highest BCUT2D eigenvalue weighted by Gasteiger charge is 2.20. The molecule has 0 bridgehead atoms. The second-order valence-corrected chi connectivity index (χ2v) is 4.29. The predicted molar refractivity (Wildman–Crippen MR) is 54.1 cm³/mol. The molecule has 5 heteroatoms. The van der Waals surface area contributed by atoms with Crippen LogP contribution in [0.4, 0.5) is 4.39 Å². The van der Waals surface area contributed by atoms with E-state index in [4.69, 9.17) is 4.42 Å². The Hall–Kier alpha value is -0.940. The van der Waals surface area contributed by atoms with Crippen LogP contribution >= 0.6 is 27.3 Å². The molecule has 2 rings (SSSR count). The van der Waals surface area contributed by atoms with Crippen LogP contribution in [0.3, 0.4) is 0 Å². The SMILES string of the molecule is O=C(c1occc1Br)c1sccc1F. The van der Waals surface area contributed by atoms with Gasteiger partial charge in [-0.1, -0.05) is 0 Å². The van der Waals surface area contributed by atoms with E-state index in [0.717, 1.165) is 11.3 Å². The van der Waals surface area contributed by atoms with Gasteiger partial charge in [0.2, 0.25) is 5.78 Å². The normalized spacial score (nSPS) is 10.4. The molecular formula is C9H4BrFO2S.